The van der Waals surface area contributed by atoms with Gasteiger partial charge in [-0.1, -0.05) is 17.7 Å². The van der Waals surface area contributed by atoms with Gasteiger partial charge in [-0.15, -0.1) is 0 Å². The number of hydrogen-bond acceptors (Lipinski definition) is 2. The first-order valence-electron chi connectivity index (χ1n) is 6.82. The molecular weight excluding hydrogens is 260 g/mol. The van der Waals surface area contributed by atoms with Crippen molar-refractivity contribution in [3.8, 4) is 0 Å². The van der Waals surface area contributed by atoms with Crippen molar-refractivity contribution < 1.29 is 4.79 Å². The van der Waals surface area contributed by atoms with Gasteiger partial charge in [-0.3, -0.25) is 4.79 Å². The molecule has 1 N–H and O–H groups in total. The minimum atomic E-state index is 0.114. The van der Waals surface area contributed by atoms with E-state index in [4.69, 9.17) is 11.6 Å². The van der Waals surface area contributed by atoms with Crippen LogP contribution in [0.3, 0.4) is 0 Å². The van der Waals surface area contributed by atoms with Crippen LogP contribution in [-0.4, -0.2) is 37.5 Å². The number of nitrogens with zero attached hydrogens (tertiary/aromatic N) is 1. The van der Waals surface area contributed by atoms with Crippen LogP contribution in [-0.2, 0) is 0 Å². The first-order chi connectivity index (χ1) is 9.11. The number of likely N-dealkylation sites (tertiary alicyclic amines) is 1. The number of rotatable bonds is 3. The number of piperidine rings is 1. The Balaban J connectivity index is 2.03. The number of benzene rings is 1. The third-order valence-corrected chi connectivity index (χ3v) is 4.06. The molecule has 1 fully saturated rings. The maximum absolute atomic E-state index is 12.5. The standard InChI is InChI=1S/C15H21ClN2O/c1-11-3-4-13(16)9-14(11)15(19)18-7-5-12(6-8-18)10-17-2/h3-4,9,12,17H,5-8,10H2,1-2H3. The van der Waals surface area contributed by atoms with Crippen molar-refractivity contribution in [2.24, 2.45) is 5.92 Å². The van der Waals surface area contributed by atoms with E-state index in [1.165, 1.54) is 0 Å². The average molecular weight is 281 g/mol. The van der Waals surface area contributed by atoms with E-state index in [2.05, 4.69) is 5.32 Å². The summed E-state index contributed by atoms with van der Waals surface area (Å²) in [5.74, 6) is 0.803. The molecule has 0 unspecified atom stereocenters. The molecule has 3 nitrogen and oxygen atoms in total. The van der Waals surface area contributed by atoms with E-state index >= 15 is 0 Å². The Bertz CT molecular complexity index is 453. The molecule has 1 aromatic rings. The second kappa shape index (κ2) is 6.40. The quantitative estimate of drug-likeness (QED) is 0.923. The summed E-state index contributed by atoms with van der Waals surface area (Å²) in [6, 6.07) is 5.51. The molecule has 1 aliphatic rings. The minimum absolute atomic E-state index is 0.114. The molecule has 2 rings (SSSR count). The van der Waals surface area contributed by atoms with E-state index < -0.39 is 0 Å². The number of halogens is 1. The number of amides is 1. The third-order valence-electron chi connectivity index (χ3n) is 3.82. The van der Waals surface area contributed by atoms with Crippen molar-refractivity contribution in [1.82, 2.24) is 10.2 Å². The minimum Gasteiger partial charge on any atom is -0.339 e. The molecule has 0 saturated carbocycles. The van der Waals surface area contributed by atoms with Crippen molar-refractivity contribution >= 4 is 17.5 Å². The van der Waals surface area contributed by atoms with Gasteiger partial charge < -0.3 is 10.2 Å². The van der Waals surface area contributed by atoms with Crippen molar-refractivity contribution in [3.63, 3.8) is 0 Å². The predicted molar refractivity (Wildman–Crippen MR) is 78.7 cm³/mol. The Hall–Kier alpha value is -1.06. The highest BCUT2D eigenvalue weighted by molar-refractivity contribution is 6.31. The number of aryl methyl sites for hydroxylation is 1. The summed E-state index contributed by atoms with van der Waals surface area (Å²) in [6.45, 7) is 4.68. The second-order valence-electron chi connectivity index (χ2n) is 5.25. The summed E-state index contributed by atoms with van der Waals surface area (Å²) in [4.78, 5) is 14.4. The molecule has 1 saturated heterocycles. The first-order valence-corrected chi connectivity index (χ1v) is 7.19. The van der Waals surface area contributed by atoms with E-state index in [1.54, 1.807) is 6.07 Å². The maximum atomic E-state index is 12.5. The van der Waals surface area contributed by atoms with E-state index in [1.807, 2.05) is 31.0 Å². The Morgan fingerprint density at radius 2 is 2.11 bits per heavy atom. The molecule has 1 aromatic carbocycles. The Morgan fingerprint density at radius 1 is 1.42 bits per heavy atom. The molecule has 1 heterocycles. The zero-order valence-electron chi connectivity index (χ0n) is 11.6. The lowest BCUT2D eigenvalue weighted by Crippen LogP contribution is -2.40. The van der Waals surface area contributed by atoms with Crippen molar-refractivity contribution in [3.05, 3.63) is 34.3 Å². The van der Waals surface area contributed by atoms with E-state index in [-0.39, 0.29) is 5.91 Å². The van der Waals surface area contributed by atoms with Gasteiger partial charge in [-0.2, -0.15) is 0 Å². The number of hydrogen-bond donors (Lipinski definition) is 1. The monoisotopic (exact) mass is 280 g/mol. The Kier molecular flexibility index (Phi) is 4.83. The van der Waals surface area contributed by atoms with Crippen LogP contribution in [0.5, 0.6) is 0 Å². The van der Waals surface area contributed by atoms with Crippen molar-refractivity contribution in [1.29, 1.82) is 0 Å². The van der Waals surface area contributed by atoms with Gasteiger partial charge in [0.25, 0.3) is 5.91 Å². The number of nitrogens with one attached hydrogen (secondary N) is 1. The van der Waals surface area contributed by atoms with Gasteiger partial charge in [0.1, 0.15) is 0 Å². The highest BCUT2D eigenvalue weighted by Gasteiger charge is 2.24. The fraction of sp³-hybridized carbons (Fsp3) is 0.533. The molecule has 1 amide bonds. The molecule has 19 heavy (non-hydrogen) atoms. The first kappa shape index (κ1) is 14.4. The maximum Gasteiger partial charge on any atom is 0.254 e. The van der Waals surface area contributed by atoms with Gasteiger partial charge in [0, 0.05) is 23.7 Å². The van der Waals surface area contributed by atoms with Gasteiger partial charge >= 0.3 is 0 Å². The smallest absolute Gasteiger partial charge is 0.254 e. The molecule has 1 aliphatic heterocycles. The molecule has 4 heteroatoms. The number of carbonyl (C=O) groups is 1. The molecule has 0 bridgehead atoms. The van der Waals surface area contributed by atoms with Crippen LogP contribution in [0.1, 0.15) is 28.8 Å². The highest BCUT2D eigenvalue weighted by Crippen LogP contribution is 2.21. The van der Waals surface area contributed by atoms with E-state index in [0.29, 0.717) is 10.9 Å². The van der Waals surface area contributed by atoms with Crippen LogP contribution in [0.2, 0.25) is 5.02 Å². The van der Waals surface area contributed by atoms with Crippen LogP contribution < -0.4 is 5.32 Å². The van der Waals surface area contributed by atoms with Crippen LogP contribution in [0.25, 0.3) is 0 Å². The van der Waals surface area contributed by atoms with Gasteiger partial charge in [-0.25, -0.2) is 0 Å². The summed E-state index contributed by atoms with van der Waals surface area (Å²) in [5.41, 5.74) is 1.73. The second-order valence-corrected chi connectivity index (χ2v) is 5.69. The zero-order valence-corrected chi connectivity index (χ0v) is 12.3. The molecule has 0 aromatic heterocycles. The lowest BCUT2D eigenvalue weighted by Gasteiger charge is -2.32. The lowest BCUT2D eigenvalue weighted by atomic mass is 9.96. The van der Waals surface area contributed by atoms with E-state index in [9.17, 15) is 4.79 Å². The normalized spacial score (nSPS) is 16.7. The van der Waals surface area contributed by atoms with Crippen LogP contribution in [0.4, 0.5) is 0 Å². The average Bonchev–Trinajstić information content (AvgIpc) is 2.42. The largest absolute Gasteiger partial charge is 0.339 e. The fourth-order valence-corrected chi connectivity index (χ4v) is 2.80. The summed E-state index contributed by atoms with van der Waals surface area (Å²) in [5, 5.41) is 3.83. The summed E-state index contributed by atoms with van der Waals surface area (Å²) in [6.07, 6.45) is 2.15. The predicted octanol–water partition coefficient (Wildman–Crippen LogP) is 2.72. The van der Waals surface area contributed by atoms with Gasteiger partial charge in [0.2, 0.25) is 0 Å². The Labute approximate surface area is 119 Å². The van der Waals surface area contributed by atoms with Crippen molar-refractivity contribution in [2.45, 2.75) is 19.8 Å². The molecule has 104 valence electrons. The third kappa shape index (κ3) is 3.48. The molecule has 0 aliphatic carbocycles. The lowest BCUT2D eigenvalue weighted by molar-refractivity contribution is 0.0690. The topological polar surface area (TPSA) is 32.3 Å². The highest BCUT2D eigenvalue weighted by atomic mass is 35.5. The van der Waals surface area contributed by atoms with E-state index in [0.717, 1.165) is 43.6 Å². The summed E-state index contributed by atoms with van der Waals surface area (Å²) >= 11 is 5.99. The molecule has 0 spiro atoms. The number of carbonyl (C=O) groups excluding carboxylic acids is 1. The van der Waals surface area contributed by atoms with Gasteiger partial charge in [0.15, 0.2) is 0 Å². The van der Waals surface area contributed by atoms with Gasteiger partial charge in [-0.05, 0) is 57.0 Å². The van der Waals surface area contributed by atoms with Gasteiger partial charge in [0.05, 0.1) is 0 Å². The Morgan fingerprint density at radius 3 is 2.74 bits per heavy atom. The zero-order chi connectivity index (χ0) is 13.8. The summed E-state index contributed by atoms with van der Waals surface area (Å²) in [7, 11) is 1.98. The summed E-state index contributed by atoms with van der Waals surface area (Å²) < 4.78 is 0. The van der Waals surface area contributed by atoms with Crippen LogP contribution >= 0.6 is 11.6 Å². The molecule has 0 atom stereocenters. The molecule has 0 radical (unpaired) electrons. The fourth-order valence-electron chi connectivity index (χ4n) is 2.62. The molecular formula is C15H21ClN2O. The van der Waals surface area contributed by atoms with Crippen molar-refractivity contribution in [2.75, 3.05) is 26.7 Å². The van der Waals surface area contributed by atoms with Crippen LogP contribution in [0, 0.1) is 12.8 Å². The van der Waals surface area contributed by atoms with Crippen LogP contribution in [0.15, 0.2) is 18.2 Å². The SMILES string of the molecule is CNCC1CCN(C(=O)c2cc(Cl)ccc2C)CC1.